The van der Waals surface area contributed by atoms with E-state index in [4.69, 9.17) is 14.6 Å². The topological polar surface area (TPSA) is 67.8 Å². The highest BCUT2D eigenvalue weighted by molar-refractivity contribution is 7.99. The molecule has 2 rings (SSSR count). The molecule has 0 bridgehead atoms. The molecule has 23 heavy (non-hydrogen) atoms. The van der Waals surface area contributed by atoms with Gasteiger partial charge in [0.2, 0.25) is 0 Å². The molecule has 0 spiro atoms. The van der Waals surface area contributed by atoms with Gasteiger partial charge in [-0.2, -0.15) is 11.8 Å². The zero-order valence-corrected chi connectivity index (χ0v) is 14.6. The van der Waals surface area contributed by atoms with Crippen LogP contribution in [0.4, 0.5) is 4.79 Å². The molecular formula is C17H25NO4S. The number of benzene rings is 1. The molecule has 6 heteroatoms. The van der Waals surface area contributed by atoms with E-state index < -0.39 is 11.9 Å². The summed E-state index contributed by atoms with van der Waals surface area (Å²) in [5, 5.41) is 11.7. The summed E-state index contributed by atoms with van der Waals surface area (Å²) >= 11 is 1.74. The summed E-state index contributed by atoms with van der Waals surface area (Å²) in [5.41, 5.74) is 1.24. The summed E-state index contributed by atoms with van der Waals surface area (Å²) in [6.45, 7) is 4.63. The zero-order valence-electron chi connectivity index (χ0n) is 13.8. The maximum atomic E-state index is 10.9. The molecule has 2 unspecified atom stereocenters. The molecule has 2 N–H and O–H groups in total. The molecule has 1 fully saturated rings. The monoisotopic (exact) mass is 339 g/mol. The van der Waals surface area contributed by atoms with Gasteiger partial charge in [-0.25, -0.2) is 4.79 Å². The number of ether oxygens (including phenoxy) is 2. The first-order chi connectivity index (χ1) is 10.9. The molecule has 1 aromatic carbocycles. The summed E-state index contributed by atoms with van der Waals surface area (Å²) in [5.74, 6) is -0.565. The van der Waals surface area contributed by atoms with E-state index in [-0.39, 0.29) is 17.3 Å². The third-order valence-electron chi connectivity index (χ3n) is 4.06. The number of carboxylic acid groups (broad SMARTS) is 1. The van der Waals surface area contributed by atoms with Crippen molar-refractivity contribution < 1.29 is 19.4 Å². The minimum atomic E-state index is -1.01. The van der Waals surface area contributed by atoms with Gasteiger partial charge in [0.25, 0.3) is 0 Å². The van der Waals surface area contributed by atoms with Crippen LogP contribution in [0.2, 0.25) is 0 Å². The summed E-state index contributed by atoms with van der Waals surface area (Å²) in [7, 11) is 0. The second kappa shape index (κ2) is 8.04. The largest absolute Gasteiger partial charge is 0.465 e. The lowest BCUT2D eigenvalue weighted by molar-refractivity contribution is -0.144. The first kappa shape index (κ1) is 18.1. The van der Waals surface area contributed by atoms with Gasteiger partial charge in [0, 0.05) is 17.7 Å². The van der Waals surface area contributed by atoms with Gasteiger partial charge in [0.1, 0.15) is 0 Å². The average Bonchev–Trinajstić information content (AvgIpc) is 2.87. The molecule has 0 saturated carbocycles. The van der Waals surface area contributed by atoms with Crippen molar-refractivity contribution in [1.29, 1.82) is 0 Å². The first-order valence-electron chi connectivity index (χ1n) is 7.76. The Morgan fingerprint density at radius 1 is 1.43 bits per heavy atom. The van der Waals surface area contributed by atoms with Crippen LogP contribution in [0.1, 0.15) is 19.4 Å². The van der Waals surface area contributed by atoms with Crippen molar-refractivity contribution in [3.05, 3.63) is 35.9 Å². The van der Waals surface area contributed by atoms with Gasteiger partial charge in [0.15, 0.2) is 5.79 Å². The SMILES string of the molecule is CSC(Cc1ccccc1)C(CNC(=O)O)[C@H]1COC(C)(C)O1. The van der Waals surface area contributed by atoms with E-state index in [0.717, 1.165) is 6.42 Å². The summed E-state index contributed by atoms with van der Waals surface area (Å²) < 4.78 is 11.7. The van der Waals surface area contributed by atoms with Crippen LogP contribution in [-0.4, -0.2) is 47.7 Å². The number of nitrogens with one attached hydrogen (secondary N) is 1. The highest BCUT2D eigenvalue weighted by atomic mass is 32.2. The molecule has 5 nitrogen and oxygen atoms in total. The fourth-order valence-corrected chi connectivity index (χ4v) is 3.87. The van der Waals surface area contributed by atoms with Crippen LogP contribution in [0, 0.1) is 5.92 Å². The third kappa shape index (κ3) is 5.41. The maximum Gasteiger partial charge on any atom is 0.404 e. The van der Waals surface area contributed by atoms with Crippen LogP contribution in [0.15, 0.2) is 30.3 Å². The van der Waals surface area contributed by atoms with E-state index in [2.05, 4.69) is 23.7 Å². The minimum Gasteiger partial charge on any atom is -0.465 e. The van der Waals surface area contributed by atoms with Gasteiger partial charge in [0.05, 0.1) is 12.7 Å². The molecule has 1 aliphatic rings. The fourth-order valence-electron chi connectivity index (χ4n) is 2.89. The normalized spacial score (nSPS) is 22.5. The second-order valence-electron chi connectivity index (χ2n) is 6.18. The molecule has 1 aliphatic heterocycles. The van der Waals surface area contributed by atoms with Crippen LogP contribution in [0.3, 0.4) is 0 Å². The van der Waals surface area contributed by atoms with Crippen LogP contribution in [0.5, 0.6) is 0 Å². The van der Waals surface area contributed by atoms with Crippen molar-refractivity contribution >= 4 is 17.9 Å². The number of hydrogen-bond donors (Lipinski definition) is 2. The van der Waals surface area contributed by atoms with Gasteiger partial charge >= 0.3 is 6.09 Å². The Bertz CT molecular complexity index is 509. The van der Waals surface area contributed by atoms with E-state index >= 15 is 0 Å². The Labute approximate surface area is 141 Å². The molecule has 128 valence electrons. The highest BCUT2D eigenvalue weighted by Crippen LogP contribution is 2.33. The molecule has 1 aromatic rings. The summed E-state index contributed by atoms with van der Waals surface area (Å²) in [4.78, 5) is 10.9. The zero-order chi connectivity index (χ0) is 16.9. The van der Waals surface area contributed by atoms with E-state index in [0.29, 0.717) is 13.2 Å². The van der Waals surface area contributed by atoms with E-state index in [9.17, 15) is 4.79 Å². The minimum absolute atomic E-state index is 0.0445. The molecule has 0 aromatic heterocycles. The van der Waals surface area contributed by atoms with Gasteiger partial charge < -0.3 is 19.9 Å². The number of thioether (sulfide) groups is 1. The lowest BCUT2D eigenvalue weighted by atomic mass is 9.93. The van der Waals surface area contributed by atoms with Crippen LogP contribution < -0.4 is 5.32 Å². The fraction of sp³-hybridized carbons (Fsp3) is 0.588. The molecule has 1 amide bonds. The van der Waals surface area contributed by atoms with Crippen molar-refractivity contribution in [3.8, 4) is 0 Å². The molecule has 3 atom stereocenters. The van der Waals surface area contributed by atoms with E-state index in [1.165, 1.54) is 5.56 Å². The highest BCUT2D eigenvalue weighted by Gasteiger charge is 2.40. The van der Waals surface area contributed by atoms with Crippen molar-refractivity contribution in [2.45, 2.75) is 37.4 Å². The molecule has 1 heterocycles. The molecule has 0 aliphatic carbocycles. The standard InChI is InChI=1S/C17H25NO4S/c1-17(2)21-11-14(22-17)13(10-18-16(19)20)15(23-3)9-12-7-5-4-6-8-12/h4-8,13-15,18H,9-11H2,1-3H3,(H,19,20)/t13?,14-,15?/m1/s1. The Balaban J connectivity index is 2.11. The van der Waals surface area contributed by atoms with Crippen LogP contribution in [0.25, 0.3) is 0 Å². The van der Waals surface area contributed by atoms with Gasteiger partial charge in [-0.15, -0.1) is 0 Å². The van der Waals surface area contributed by atoms with E-state index in [1.54, 1.807) is 11.8 Å². The molecular weight excluding hydrogens is 314 g/mol. The predicted octanol–water partition coefficient (Wildman–Crippen LogP) is 3.00. The van der Waals surface area contributed by atoms with Gasteiger partial charge in [-0.05, 0) is 32.1 Å². The lowest BCUT2D eigenvalue weighted by Crippen LogP contribution is -2.42. The Hall–Kier alpha value is -1.24. The number of rotatable bonds is 7. The number of carbonyl (C=O) groups is 1. The Morgan fingerprint density at radius 2 is 2.13 bits per heavy atom. The Morgan fingerprint density at radius 3 is 2.65 bits per heavy atom. The number of amides is 1. The smallest absolute Gasteiger partial charge is 0.404 e. The second-order valence-corrected chi connectivity index (χ2v) is 7.26. The molecule has 1 saturated heterocycles. The van der Waals surface area contributed by atoms with Crippen molar-refractivity contribution in [3.63, 3.8) is 0 Å². The van der Waals surface area contributed by atoms with Crippen LogP contribution >= 0.6 is 11.8 Å². The quantitative estimate of drug-likeness (QED) is 0.799. The van der Waals surface area contributed by atoms with Gasteiger partial charge in [-0.3, -0.25) is 0 Å². The first-order valence-corrected chi connectivity index (χ1v) is 9.05. The lowest BCUT2D eigenvalue weighted by Gasteiger charge is -2.30. The van der Waals surface area contributed by atoms with E-state index in [1.807, 2.05) is 32.0 Å². The number of hydrogen-bond acceptors (Lipinski definition) is 4. The van der Waals surface area contributed by atoms with Crippen molar-refractivity contribution in [2.75, 3.05) is 19.4 Å². The predicted molar refractivity (Wildman–Crippen MR) is 91.9 cm³/mol. The molecule has 0 radical (unpaired) electrons. The maximum absolute atomic E-state index is 10.9. The Kier molecular flexibility index (Phi) is 6.33. The average molecular weight is 339 g/mol. The third-order valence-corrected chi connectivity index (χ3v) is 5.18. The van der Waals surface area contributed by atoms with Crippen molar-refractivity contribution in [1.82, 2.24) is 5.32 Å². The summed E-state index contributed by atoms with van der Waals surface area (Å²) in [6, 6.07) is 10.2. The van der Waals surface area contributed by atoms with Crippen molar-refractivity contribution in [2.24, 2.45) is 5.92 Å². The van der Waals surface area contributed by atoms with Gasteiger partial charge in [-0.1, -0.05) is 30.3 Å². The summed E-state index contributed by atoms with van der Waals surface area (Å²) in [6.07, 6.45) is 1.81. The van der Waals surface area contributed by atoms with Crippen LogP contribution in [-0.2, 0) is 15.9 Å².